The molecule has 1 rings (SSSR count). The van der Waals surface area contributed by atoms with Gasteiger partial charge in [-0.1, -0.05) is 19.9 Å². The Labute approximate surface area is 57.1 Å². The molecule has 1 aliphatic carbocycles. The first-order valence-electron chi connectivity index (χ1n) is 3.66. The van der Waals surface area contributed by atoms with E-state index in [0.29, 0.717) is 0 Å². The van der Waals surface area contributed by atoms with Gasteiger partial charge in [0.05, 0.1) is 0 Å². The van der Waals surface area contributed by atoms with Gasteiger partial charge in [0.25, 0.3) is 0 Å². The topological polar surface area (TPSA) is 12.0 Å². The Morgan fingerprint density at radius 1 is 1.78 bits per heavy atom. The first kappa shape index (κ1) is 6.66. The molecule has 9 heavy (non-hydrogen) atoms. The third-order valence-electron chi connectivity index (χ3n) is 2.22. The second-order valence-electron chi connectivity index (χ2n) is 2.79. The molecule has 0 aromatic rings. The van der Waals surface area contributed by atoms with Gasteiger partial charge in [0.2, 0.25) is 0 Å². The summed E-state index contributed by atoms with van der Waals surface area (Å²) in [6.45, 7) is 6.17. The van der Waals surface area contributed by atoms with Crippen LogP contribution in [0.15, 0.2) is 12.3 Å². The Morgan fingerprint density at radius 3 is 2.78 bits per heavy atom. The molecule has 52 valence electrons. The minimum absolute atomic E-state index is 0.792. The zero-order valence-electron chi connectivity index (χ0n) is 6.28. The van der Waals surface area contributed by atoms with E-state index in [4.69, 9.17) is 0 Å². The average molecular weight is 125 g/mol. The second-order valence-corrected chi connectivity index (χ2v) is 2.79. The fourth-order valence-corrected chi connectivity index (χ4v) is 1.31. The molecule has 0 aromatic carbocycles. The Morgan fingerprint density at radius 2 is 2.44 bits per heavy atom. The zero-order chi connectivity index (χ0) is 6.85. The largest absolute Gasteiger partial charge is 0.392 e. The van der Waals surface area contributed by atoms with Crippen molar-refractivity contribution in [2.75, 3.05) is 7.05 Å². The Balaban J connectivity index is 2.25. The molecule has 0 aliphatic heterocycles. The maximum atomic E-state index is 3.92. The van der Waals surface area contributed by atoms with Gasteiger partial charge in [0.15, 0.2) is 0 Å². The van der Waals surface area contributed by atoms with Gasteiger partial charge in [-0.25, -0.2) is 0 Å². The average Bonchev–Trinajstić information content (AvgIpc) is 2.64. The Hall–Kier alpha value is -0.460. The van der Waals surface area contributed by atoms with Crippen LogP contribution in [0.2, 0.25) is 0 Å². The van der Waals surface area contributed by atoms with Crippen LogP contribution < -0.4 is 5.32 Å². The fourth-order valence-electron chi connectivity index (χ4n) is 1.31. The van der Waals surface area contributed by atoms with E-state index in [1.807, 2.05) is 7.05 Å². The van der Waals surface area contributed by atoms with Gasteiger partial charge < -0.3 is 5.32 Å². The van der Waals surface area contributed by atoms with Gasteiger partial charge in [-0.15, -0.1) is 0 Å². The molecule has 1 heteroatoms. The third kappa shape index (κ3) is 1.26. The highest BCUT2D eigenvalue weighted by atomic mass is 14.9. The Bertz CT molecular complexity index is 118. The monoisotopic (exact) mass is 125 g/mol. The number of rotatable bonds is 3. The maximum absolute atomic E-state index is 3.92. The van der Waals surface area contributed by atoms with Crippen LogP contribution in [-0.2, 0) is 0 Å². The lowest BCUT2D eigenvalue weighted by Gasteiger charge is -2.00. The van der Waals surface area contributed by atoms with Crippen molar-refractivity contribution in [1.29, 1.82) is 0 Å². The number of hydrogen-bond acceptors (Lipinski definition) is 1. The van der Waals surface area contributed by atoms with Crippen LogP contribution in [0.3, 0.4) is 0 Å². The molecule has 1 saturated carbocycles. The first-order valence-corrected chi connectivity index (χ1v) is 3.66. The van der Waals surface area contributed by atoms with Crippen molar-refractivity contribution in [2.24, 2.45) is 11.8 Å². The summed E-state index contributed by atoms with van der Waals surface area (Å²) in [5.74, 6) is 1.73. The quantitative estimate of drug-likeness (QED) is 0.606. The predicted octanol–water partition coefficient (Wildman–Crippen LogP) is 1.77. The molecule has 0 spiro atoms. The molecule has 0 radical (unpaired) electrons. The van der Waals surface area contributed by atoms with E-state index in [9.17, 15) is 0 Å². The van der Waals surface area contributed by atoms with Crippen molar-refractivity contribution >= 4 is 0 Å². The van der Waals surface area contributed by atoms with Crippen molar-refractivity contribution in [3.63, 3.8) is 0 Å². The van der Waals surface area contributed by atoms with E-state index in [0.717, 1.165) is 11.8 Å². The van der Waals surface area contributed by atoms with E-state index in [-0.39, 0.29) is 0 Å². The summed E-state index contributed by atoms with van der Waals surface area (Å²) in [6.07, 6.45) is 2.67. The highest BCUT2D eigenvalue weighted by molar-refractivity contribution is 5.08. The van der Waals surface area contributed by atoms with Gasteiger partial charge in [-0.3, -0.25) is 0 Å². The Kier molecular flexibility index (Phi) is 1.79. The van der Waals surface area contributed by atoms with Crippen LogP contribution in [0.5, 0.6) is 0 Å². The van der Waals surface area contributed by atoms with Gasteiger partial charge in [-0.2, -0.15) is 0 Å². The van der Waals surface area contributed by atoms with Crippen LogP contribution in [0.1, 0.15) is 19.8 Å². The minimum Gasteiger partial charge on any atom is -0.392 e. The summed E-state index contributed by atoms with van der Waals surface area (Å²) in [5, 5.41) is 3.10. The van der Waals surface area contributed by atoms with Crippen LogP contribution >= 0.6 is 0 Å². The molecular formula is C8H15N. The molecule has 1 N–H and O–H groups in total. The first-order chi connectivity index (χ1) is 4.29. The zero-order valence-corrected chi connectivity index (χ0v) is 6.28. The van der Waals surface area contributed by atoms with Gasteiger partial charge in [0.1, 0.15) is 0 Å². The van der Waals surface area contributed by atoms with Crippen LogP contribution in [0, 0.1) is 11.8 Å². The van der Waals surface area contributed by atoms with Crippen LogP contribution in [0.25, 0.3) is 0 Å². The molecule has 0 bridgehead atoms. The van der Waals surface area contributed by atoms with Gasteiger partial charge in [0, 0.05) is 18.7 Å². The highest BCUT2D eigenvalue weighted by Crippen LogP contribution is 2.44. The summed E-state index contributed by atoms with van der Waals surface area (Å²) in [7, 11) is 1.95. The molecule has 0 amide bonds. The summed E-state index contributed by atoms with van der Waals surface area (Å²) < 4.78 is 0. The van der Waals surface area contributed by atoms with E-state index in [2.05, 4.69) is 18.8 Å². The maximum Gasteiger partial charge on any atom is 0.00654 e. The fraction of sp³-hybridized carbons (Fsp3) is 0.750. The molecule has 0 aromatic heterocycles. The predicted molar refractivity (Wildman–Crippen MR) is 40.1 cm³/mol. The van der Waals surface area contributed by atoms with Crippen LogP contribution in [0.4, 0.5) is 0 Å². The summed E-state index contributed by atoms with van der Waals surface area (Å²) in [4.78, 5) is 0. The molecule has 0 heterocycles. The van der Waals surface area contributed by atoms with E-state index in [1.165, 1.54) is 18.5 Å². The number of hydrogen-bond donors (Lipinski definition) is 1. The van der Waals surface area contributed by atoms with E-state index in [1.54, 1.807) is 0 Å². The summed E-state index contributed by atoms with van der Waals surface area (Å²) in [5.41, 5.74) is 1.22. The number of allylic oxidation sites excluding steroid dienone is 1. The molecule has 0 unspecified atom stereocenters. The van der Waals surface area contributed by atoms with Crippen LogP contribution in [-0.4, -0.2) is 7.05 Å². The lowest BCUT2D eigenvalue weighted by molar-refractivity contribution is 0.709. The summed E-state index contributed by atoms with van der Waals surface area (Å²) in [6, 6.07) is 0. The highest BCUT2D eigenvalue weighted by Gasteiger charge is 2.36. The van der Waals surface area contributed by atoms with Crippen molar-refractivity contribution < 1.29 is 0 Å². The smallest absolute Gasteiger partial charge is 0.00654 e. The molecule has 1 aliphatic rings. The minimum atomic E-state index is 0.792. The SMILES string of the molecule is C=C(NC)[C@H]1C[C@H]1CC. The van der Waals surface area contributed by atoms with Crippen molar-refractivity contribution in [3.8, 4) is 0 Å². The van der Waals surface area contributed by atoms with Gasteiger partial charge >= 0.3 is 0 Å². The van der Waals surface area contributed by atoms with E-state index >= 15 is 0 Å². The molecule has 1 fully saturated rings. The third-order valence-corrected chi connectivity index (χ3v) is 2.22. The summed E-state index contributed by atoms with van der Waals surface area (Å²) >= 11 is 0. The van der Waals surface area contributed by atoms with Crippen molar-refractivity contribution in [3.05, 3.63) is 12.3 Å². The molecule has 1 nitrogen and oxygen atoms in total. The van der Waals surface area contributed by atoms with Crippen molar-refractivity contribution in [2.45, 2.75) is 19.8 Å². The second kappa shape index (κ2) is 2.42. The molecule has 2 atom stereocenters. The standard InChI is InChI=1S/C8H15N/c1-4-7-5-8(7)6(2)9-3/h7-9H,2,4-5H2,1,3H3/t7-,8-/m1/s1. The number of nitrogens with one attached hydrogen (secondary N) is 1. The normalized spacial score (nSPS) is 31.8. The molecular weight excluding hydrogens is 110 g/mol. The lowest BCUT2D eigenvalue weighted by Crippen LogP contribution is -2.06. The lowest BCUT2D eigenvalue weighted by atomic mass is 10.2. The van der Waals surface area contributed by atoms with Crippen molar-refractivity contribution in [1.82, 2.24) is 5.32 Å². The van der Waals surface area contributed by atoms with E-state index < -0.39 is 0 Å². The molecule has 0 saturated heterocycles. The van der Waals surface area contributed by atoms with Gasteiger partial charge in [-0.05, 0) is 12.3 Å².